The number of hydrogen-bond acceptors (Lipinski definition) is 4. The predicted octanol–water partition coefficient (Wildman–Crippen LogP) is 3.27. The van der Waals surface area contributed by atoms with Crippen LogP contribution in [0.2, 0.25) is 10.0 Å². The summed E-state index contributed by atoms with van der Waals surface area (Å²) >= 11 is 11.9. The van der Waals surface area contributed by atoms with Gasteiger partial charge in [-0.2, -0.15) is 0 Å². The second kappa shape index (κ2) is 5.82. The van der Waals surface area contributed by atoms with E-state index in [1.54, 1.807) is 18.2 Å². The highest BCUT2D eigenvalue weighted by Crippen LogP contribution is 2.30. The van der Waals surface area contributed by atoms with Crippen LogP contribution in [0, 0.1) is 0 Å². The molecule has 1 aromatic heterocycles. The van der Waals surface area contributed by atoms with Crippen LogP contribution in [0.1, 0.15) is 29.9 Å². The molecule has 3 heterocycles. The highest BCUT2D eigenvalue weighted by molar-refractivity contribution is 6.42. The zero-order valence-electron chi connectivity index (χ0n) is 12.2. The number of nitrogens with zero attached hydrogens (tertiary/aromatic N) is 1. The Bertz CT molecular complexity index is 762. The molecule has 1 aromatic carbocycles. The minimum atomic E-state index is -0.282. The van der Waals surface area contributed by atoms with Crippen molar-refractivity contribution in [1.29, 1.82) is 0 Å². The SMILES string of the molecule is O=C(NC1CC2CCC1N2)c1ncc(-c2ccc(Cl)c(Cl)c2)o1. The number of carbonyl (C=O) groups excluding carboxylic acids is 1. The van der Waals surface area contributed by atoms with Gasteiger partial charge in [-0.25, -0.2) is 4.98 Å². The number of halogens is 2. The Morgan fingerprint density at radius 2 is 2.17 bits per heavy atom. The number of aromatic nitrogens is 1. The molecule has 1 amide bonds. The lowest BCUT2D eigenvalue weighted by Crippen LogP contribution is -2.43. The van der Waals surface area contributed by atoms with Gasteiger partial charge in [0.2, 0.25) is 0 Å². The standard InChI is InChI=1S/C16H15Cl2N3O2/c17-10-3-1-8(5-11(10)18)14-7-19-16(23-14)15(22)21-13-6-9-2-4-12(13)20-9/h1,3,5,7,9,12-13,20H,2,4,6H2,(H,21,22). The Balaban J connectivity index is 1.48. The van der Waals surface area contributed by atoms with Crippen molar-refractivity contribution in [3.05, 3.63) is 40.3 Å². The number of fused-ring (bicyclic) bond motifs is 2. The highest BCUT2D eigenvalue weighted by atomic mass is 35.5. The van der Waals surface area contributed by atoms with Crippen LogP contribution in [0.5, 0.6) is 0 Å². The molecule has 2 N–H and O–H groups in total. The number of oxazole rings is 1. The molecular formula is C16H15Cl2N3O2. The summed E-state index contributed by atoms with van der Waals surface area (Å²) in [5, 5.41) is 7.39. The second-order valence-electron chi connectivity index (χ2n) is 6.02. The lowest BCUT2D eigenvalue weighted by atomic mass is 9.95. The van der Waals surface area contributed by atoms with E-state index < -0.39 is 0 Å². The van der Waals surface area contributed by atoms with E-state index in [0.717, 1.165) is 18.4 Å². The maximum atomic E-state index is 12.3. The third kappa shape index (κ3) is 2.84. The molecular weight excluding hydrogens is 337 g/mol. The first kappa shape index (κ1) is 15.0. The molecule has 5 nitrogen and oxygen atoms in total. The Hall–Kier alpha value is -1.56. The van der Waals surface area contributed by atoms with Gasteiger partial charge in [0.1, 0.15) is 0 Å². The van der Waals surface area contributed by atoms with E-state index in [-0.39, 0.29) is 17.8 Å². The van der Waals surface area contributed by atoms with Crippen molar-refractivity contribution in [2.75, 3.05) is 0 Å². The topological polar surface area (TPSA) is 67.2 Å². The molecule has 120 valence electrons. The summed E-state index contributed by atoms with van der Waals surface area (Å²) < 4.78 is 5.57. The molecule has 4 rings (SSSR count). The van der Waals surface area contributed by atoms with E-state index in [1.807, 2.05) is 0 Å². The summed E-state index contributed by atoms with van der Waals surface area (Å²) in [5.41, 5.74) is 0.729. The molecule has 0 radical (unpaired) electrons. The molecule has 2 fully saturated rings. The summed E-state index contributed by atoms with van der Waals surface area (Å²) in [7, 11) is 0. The minimum absolute atomic E-state index is 0.0637. The number of carbonyl (C=O) groups is 1. The summed E-state index contributed by atoms with van der Waals surface area (Å²) in [6, 6.07) is 6.20. The van der Waals surface area contributed by atoms with E-state index in [0.29, 0.717) is 27.9 Å². The van der Waals surface area contributed by atoms with Crippen molar-refractivity contribution >= 4 is 29.1 Å². The third-order valence-corrected chi connectivity index (χ3v) is 5.26. The van der Waals surface area contributed by atoms with Crippen molar-refractivity contribution in [2.45, 2.75) is 37.4 Å². The molecule has 2 bridgehead atoms. The van der Waals surface area contributed by atoms with Gasteiger partial charge in [-0.3, -0.25) is 4.79 Å². The lowest BCUT2D eigenvalue weighted by molar-refractivity contribution is 0.0896. The smallest absolute Gasteiger partial charge is 0.307 e. The van der Waals surface area contributed by atoms with Crippen LogP contribution in [0.25, 0.3) is 11.3 Å². The molecule has 3 unspecified atom stereocenters. The molecule has 0 aliphatic carbocycles. The third-order valence-electron chi connectivity index (χ3n) is 4.52. The molecule has 7 heteroatoms. The molecule has 0 spiro atoms. The van der Waals surface area contributed by atoms with Crippen molar-refractivity contribution < 1.29 is 9.21 Å². The number of nitrogens with one attached hydrogen (secondary N) is 2. The van der Waals surface area contributed by atoms with Gasteiger partial charge >= 0.3 is 5.91 Å². The van der Waals surface area contributed by atoms with Crippen molar-refractivity contribution in [1.82, 2.24) is 15.6 Å². The van der Waals surface area contributed by atoms with Crippen LogP contribution in [0.15, 0.2) is 28.8 Å². The van der Waals surface area contributed by atoms with E-state index in [2.05, 4.69) is 15.6 Å². The first-order valence-electron chi connectivity index (χ1n) is 7.58. The van der Waals surface area contributed by atoms with E-state index in [1.165, 1.54) is 12.6 Å². The molecule has 2 aliphatic rings. The molecule has 2 aromatic rings. The van der Waals surface area contributed by atoms with E-state index in [4.69, 9.17) is 27.6 Å². The Morgan fingerprint density at radius 1 is 1.30 bits per heavy atom. The Labute approximate surface area is 143 Å². The van der Waals surface area contributed by atoms with Crippen molar-refractivity contribution in [3.8, 4) is 11.3 Å². The van der Waals surface area contributed by atoms with E-state index in [9.17, 15) is 4.79 Å². The predicted molar refractivity (Wildman–Crippen MR) is 87.8 cm³/mol. The molecule has 23 heavy (non-hydrogen) atoms. The van der Waals surface area contributed by atoms with Gasteiger partial charge in [-0.15, -0.1) is 0 Å². The molecule has 0 saturated carbocycles. The van der Waals surface area contributed by atoms with Crippen LogP contribution in [0.3, 0.4) is 0 Å². The minimum Gasteiger partial charge on any atom is -0.432 e. The molecule has 2 aliphatic heterocycles. The molecule has 2 saturated heterocycles. The molecule has 3 atom stereocenters. The first-order chi connectivity index (χ1) is 11.1. The van der Waals surface area contributed by atoms with Gasteiger partial charge in [0.25, 0.3) is 5.89 Å². The van der Waals surface area contributed by atoms with Gasteiger partial charge in [0.15, 0.2) is 5.76 Å². The fourth-order valence-electron chi connectivity index (χ4n) is 3.38. The number of amides is 1. The summed E-state index contributed by atoms with van der Waals surface area (Å²) in [6.45, 7) is 0. The van der Waals surface area contributed by atoms with Crippen molar-refractivity contribution in [2.24, 2.45) is 0 Å². The first-order valence-corrected chi connectivity index (χ1v) is 8.34. The maximum Gasteiger partial charge on any atom is 0.307 e. The van der Waals surface area contributed by atoms with Crippen molar-refractivity contribution in [3.63, 3.8) is 0 Å². The fourth-order valence-corrected chi connectivity index (χ4v) is 3.67. The van der Waals surface area contributed by atoms with Gasteiger partial charge < -0.3 is 15.1 Å². The lowest BCUT2D eigenvalue weighted by Gasteiger charge is -2.20. The summed E-state index contributed by atoms with van der Waals surface area (Å²) in [6.07, 6.45) is 4.79. The average molecular weight is 352 g/mol. The second-order valence-corrected chi connectivity index (χ2v) is 6.84. The average Bonchev–Trinajstić information content (AvgIpc) is 3.25. The number of hydrogen-bond donors (Lipinski definition) is 2. The maximum absolute atomic E-state index is 12.3. The van der Waals surface area contributed by atoms with Crippen LogP contribution in [-0.2, 0) is 0 Å². The number of benzene rings is 1. The van der Waals surface area contributed by atoms with Gasteiger partial charge in [-0.05, 0) is 37.5 Å². The summed E-state index contributed by atoms with van der Waals surface area (Å²) in [4.78, 5) is 16.4. The van der Waals surface area contributed by atoms with Crippen LogP contribution < -0.4 is 10.6 Å². The zero-order valence-corrected chi connectivity index (χ0v) is 13.7. The van der Waals surface area contributed by atoms with Gasteiger partial charge in [-0.1, -0.05) is 23.2 Å². The monoisotopic (exact) mass is 351 g/mol. The van der Waals surface area contributed by atoms with Crippen LogP contribution >= 0.6 is 23.2 Å². The van der Waals surface area contributed by atoms with E-state index >= 15 is 0 Å². The number of rotatable bonds is 3. The highest BCUT2D eigenvalue weighted by Gasteiger charge is 2.40. The zero-order chi connectivity index (χ0) is 16.0. The van der Waals surface area contributed by atoms with Crippen LogP contribution in [-0.4, -0.2) is 29.0 Å². The normalized spacial score (nSPS) is 25.7. The van der Waals surface area contributed by atoms with Gasteiger partial charge in [0.05, 0.1) is 16.2 Å². The largest absolute Gasteiger partial charge is 0.432 e. The quantitative estimate of drug-likeness (QED) is 0.890. The van der Waals surface area contributed by atoms with Gasteiger partial charge in [0, 0.05) is 23.7 Å². The Morgan fingerprint density at radius 3 is 2.87 bits per heavy atom. The summed E-state index contributed by atoms with van der Waals surface area (Å²) in [5.74, 6) is 0.268. The Kier molecular flexibility index (Phi) is 3.79. The fraction of sp³-hybridized carbons (Fsp3) is 0.375. The van der Waals surface area contributed by atoms with Crippen LogP contribution in [0.4, 0.5) is 0 Å².